The largest absolute Gasteiger partial charge is 0.499 e. The van der Waals surface area contributed by atoms with Crippen LogP contribution in [0.15, 0.2) is 24.3 Å². The van der Waals surface area contributed by atoms with Crippen LogP contribution in [0, 0.1) is 0 Å². The van der Waals surface area contributed by atoms with Crippen molar-refractivity contribution in [2.75, 3.05) is 0 Å². The fourth-order valence-corrected chi connectivity index (χ4v) is 2.57. The molecule has 16 heavy (non-hydrogen) atoms. The highest BCUT2D eigenvalue weighted by molar-refractivity contribution is 7.27. The topological polar surface area (TPSA) is 40.5 Å². The van der Waals surface area contributed by atoms with Gasteiger partial charge in [-0.05, 0) is 34.6 Å². The van der Waals surface area contributed by atoms with E-state index in [1.54, 1.807) is 0 Å². The molecule has 1 aromatic carbocycles. The summed E-state index contributed by atoms with van der Waals surface area (Å²) in [4.78, 5) is 0. The van der Waals surface area contributed by atoms with Gasteiger partial charge in [-0.25, -0.2) is 0 Å². The highest BCUT2D eigenvalue weighted by atomic mass is 32.1. The van der Waals surface area contributed by atoms with Gasteiger partial charge in [-0.3, -0.25) is 0 Å². The third kappa shape index (κ3) is 2.14. The molecule has 4 heteroatoms. The van der Waals surface area contributed by atoms with Crippen LogP contribution < -0.4 is 4.78 Å². The van der Waals surface area contributed by atoms with Crippen LogP contribution in [-0.4, -0.2) is 17.2 Å². The smallest absolute Gasteiger partial charge is 0.423 e. The third-order valence-electron chi connectivity index (χ3n) is 2.66. The molecule has 0 radical (unpaired) electrons. The van der Waals surface area contributed by atoms with Gasteiger partial charge < -0.3 is 10.0 Å². The second-order valence-electron chi connectivity index (χ2n) is 5.03. The Hall–Kier alpha value is -0.835. The van der Waals surface area contributed by atoms with E-state index in [9.17, 15) is 0 Å². The van der Waals surface area contributed by atoms with Gasteiger partial charge in [0.25, 0.3) is 0 Å². The molecule has 2 nitrogen and oxygen atoms in total. The first-order valence-corrected chi connectivity index (χ1v) is 6.10. The van der Waals surface area contributed by atoms with E-state index in [0.29, 0.717) is 4.78 Å². The number of hydrogen-bond acceptors (Lipinski definition) is 3. The van der Waals surface area contributed by atoms with Gasteiger partial charge in [0.05, 0.1) is 0 Å². The Balaban J connectivity index is 2.54. The van der Waals surface area contributed by atoms with Crippen LogP contribution in [0.25, 0.3) is 10.1 Å². The first kappa shape index (κ1) is 11.6. The lowest BCUT2D eigenvalue weighted by molar-refractivity contribution is 0.427. The maximum atomic E-state index is 9.12. The zero-order chi connectivity index (χ0) is 11.9. The molecule has 0 saturated carbocycles. The van der Waals surface area contributed by atoms with E-state index in [1.165, 1.54) is 16.9 Å². The molecule has 2 aromatic rings. The summed E-state index contributed by atoms with van der Waals surface area (Å²) in [5, 5.41) is 19.3. The van der Waals surface area contributed by atoms with E-state index < -0.39 is 7.12 Å². The molecular formula is C12H15BO2S. The summed E-state index contributed by atoms with van der Waals surface area (Å²) in [7, 11) is -1.37. The Morgan fingerprint density at radius 2 is 1.81 bits per heavy atom. The molecule has 0 aliphatic heterocycles. The molecule has 0 saturated heterocycles. The minimum atomic E-state index is -1.37. The minimum absolute atomic E-state index is 0.119. The SMILES string of the molecule is CC(C)(C)c1ccc2sc(B(O)O)cc2c1. The standard InChI is InChI=1S/C12H15BO2S/c1-12(2,3)9-4-5-10-8(6-9)7-11(16-10)13(14)15/h4-7,14-15H,1-3H3. The second-order valence-corrected chi connectivity index (χ2v) is 6.14. The molecule has 0 bridgehead atoms. The van der Waals surface area contributed by atoms with Crippen LogP contribution in [0.3, 0.4) is 0 Å². The van der Waals surface area contributed by atoms with Crippen LogP contribution in [0.4, 0.5) is 0 Å². The lowest BCUT2D eigenvalue weighted by Gasteiger charge is -2.18. The Kier molecular flexibility index (Phi) is 2.82. The van der Waals surface area contributed by atoms with Crippen molar-refractivity contribution in [1.82, 2.24) is 0 Å². The van der Waals surface area contributed by atoms with Crippen LogP contribution in [0.1, 0.15) is 26.3 Å². The lowest BCUT2D eigenvalue weighted by atomic mass is 9.86. The zero-order valence-corrected chi connectivity index (χ0v) is 10.5. The molecule has 0 aliphatic rings. The quantitative estimate of drug-likeness (QED) is 0.739. The average Bonchev–Trinajstić information content (AvgIpc) is 2.58. The normalized spacial score (nSPS) is 12.1. The monoisotopic (exact) mass is 234 g/mol. The number of benzene rings is 1. The van der Waals surface area contributed by atoms with E-state index in [4.69, 9.17) is 10.0 Å². The predicted octanol–water partition coefficient (Wildman–Crippen LogP) is 1.88. The van der Waals surface area contributed by atoms with Gasteiger partial charge in [-0.2, -0.15) is 0 Å². The summed E-state index contributed by atoms with van der Waals surface area (Å²) in [6.45, 7) is 6.51. The zero-order valence-electron chi connectivity index (χ0n) is 9.69. The van der Waals surface area contributed by atoms with Gasteiger partial charge >= 0.3 is 7.12 Å². The first-order valence-electron chi connectivity index (χ1n) is 5.28. The van der Waals surface area contributed by atoms with E-state index in [-0.39, 0.29) is 5.41 Å². The molecule has 1 aromatic heterocycles. The maximum Gasteiger partial charge on any atom is 0.499 e. The second kappa shape index (κ2) is 3.88. The average molecular weight is 234 g/mol. The highest BCUT2D eigenvalue weighted by Crippen LogP contribution is 2.27. The Labute approximate surface area is 99.7 Å². The molecular weight excluding hydrogens is 219 g/mol. The van der Waals surface area contributed by atoms with E-state index in [1.807, 2.05) is 12.1 Å². The van der Waals surface area contributed by atoms with Crippen LogP contribution in [0.5, 0.6) is 0 Å². The molecule has 0 fully saturated rings. The molecule has 0 spiro atoms. The van der Waals surface area contributed by atoms with E-state index >= 15 is 0 Å². The molecule has 0 unspecified atom stereocenters. The van der Waals surface area contributed by atoms with Gasteiger partial charge in [-0.1, -0.05) is 26.8 Å². The fourth-order valence-electron chi connectivity index (χ4n) is 1.66. The summed E-state index contributed by atoms with van der Waals surface area (Å²) in [6.07, 6.45) is 0. The molecule has 0 aliphatic carbocycles. The predicted molar refractivity (Wildman–Crippen MR) is 70.4 cm³/mol. The van der Waals surface area contributed by atoms with Gasteiger partial charge in [0.1, 0.15) is 0 Å². The van der Waals surface area contributed by atoms with Crippen LogP contribution >= 0.6 is 11.3 Å². The van der Waals surface area contributed by atoms with Gasteiger partial charge in [-0.15, -0.1) is 11.3 Å². The maximum absolute atomic E-state index is 9.12. The van der Waals surface area contributed by atoms with Gasteiger partial charge in [0, 0.05) is 9.48 Å². The Morgan fingerprint density at radius 3 is 2.38 bits per heavy atom. The minimum Gasteiger partial charge on any atom is -0.423 e. The molecule has 2 N–H and O–H groups in total. The van der Waals surface area contributed by atoms with Crippen molar-refractivity contribution in [3.63, 3.8) is 0 Å². The van der Waals surface area contributed by atoms with Crippen molar-refractivity contribution >= 4 is 33.3 Å². The summed E-state index contributed by atoms with van der Waals surface area (Å²) < 4.78 is 1.69. The van der Waals surface area contributed by atoms with Crippen molar-refractivity contribution in [3.8, 4) is 0 Å². The van der Waals surface area contributed by atoms with E-state index in [2.05, 4.69) is 32.9 Å². The summed E-state index contributed by atoms with van der Waals surface area (Å²) in [6, 6.07) is 8.12. The number of hydrogen-bond donors (Lipinski definition) is 2. The lowest BCUT2D eigenvalue weighted by Crippen LogP contribution is -2.26. The van der Waals surface area contributed by atoms with Crippen molar-refractivity contribution in [2.45, 2.75) is 26.2 Å². The number of thiophene rings is 1. The Morgan fingerprint density at radius 1 is 1.12 bits per heavy atom. The van der Waals surface area contributed by atoms with Gasteiger partial charge in [0.15, 0.2) is 0 Å². The fraction of sp³-hybridized carbons (Fsp3) is 0.333. The molecule has 0 atom stereocenters. The van der Waals surface area contributed by atoms with E-state index in [0.717, 1.165) is 10.1 Å². The molecule has 2 rings (SSSR count). The summed E-state index contributed by atoms with van der Waals surface area (Å²) in [5.41, 5.74) is 1.38. The molecule has 0 amide bonds. The first-order chi connectivity index (χ1) is 7.38. The summed E-state index contributed by atoms with van der Waals surface area (Å²) in [5.74, 6) is 0. The van der Waals surface area contributed by atoms with Crippen LogP contribution in [0.2, 0.25) is 0 Å². The van der Waals surface area contributed by atoms with Crippen molar-refractivity contribution in [1.29, 1.82) is 0 Å². The molecule has 84 valence electrons. The number of rotatable bonds is 1. The molecule has 1 heterocycles. The van der Waals surface area contributed by atoms with Crippen molar-refractivity contribution in [3.05, 3.63) is 29.8 Å². The summed E-state index contributed by atoms with van der Waals surface area (Å²) >= 11 is 1.42. The number of fused-ring (bicyclic) bond motifs is 1. The Bertz CT molecular complexity index is 511. The van der Waals surface area contributed by atoms with Crippen molar-refractivity contribution < 1.29 is 10.0 Å². The third-order valence-corrected chi connectivity index (χ3v) is 3.81. The van der Waals surface area contributed by atoms with Crippen LogP contribution in [-0.2, 0) is 5.41 Å². The highest BCUT2D eigenvalue weighted by Gasteiger charge is 2.17. The van der Waals surface area contributed by atoms with Crippen molar-refractivity contribution in [2.24, 2.45) is 0 Å². The van der Waals surface area contributed by atoms with Gasteiger partial charge in [0.2, 0.25) is 0 Å².